The second-order valence-corrected chi connectivity index (χ2v) is 9.17. The van der Waals surface area contributed by atoms with Gasteiger partial charge in [0.1, 0.15) is 6.61 Å². The van der Waals surface area contributed by atoms with Crippen molar-refractivity contribution >= 4 is 17.7 Å². The number of pyridine rings is 1. The lowest BCUT2D eigenvalue weighted by molar-refractivity contribution is -0.128. The van der Waals surface area contributed by atoms with Gasteiger partial charge in [-0.3, -0.25) is 14.3 Å². The third-order valence-electron chi connectivity index (χ3n) is 5.70. The molecule has 178 valence electrons. The van der Waals surface area contributed by atoms with Gasteiger partial charge in [-0.2, -0.15) is 0 Å². The summed E-state index contributed by atoms with van der Waals surface area (Å²) in [6.07, 6.45) is 3.26. The summed E-state index contributed by atoms with van der Waals surface area (Å²) >= 11 is 1.36. The molecule has 4 aromatic rings. The van der Waals surface area contributed by atoms with E-state index in [9.17, 15) is 4.79 Å². The van der Waals surface area contributed by atoms with Crippen LogP contribution in [-0.4, -0.2) is 62.6 Å². The van der Waals surface area contributed by atoms with Gasteiger partial charge in [-0.15, -0.1) is 10.2 Å². The Labute approximate surface area is 207 Å². The smallest absolute Gasteiger partial charge is 0.232 e. The van der Waals surface area contributed by atoms with Crippen molar-refractivity contribution in [2.24, 2.45) is 0 Å². The van der Waals surface area contributed by atoms with Gasteiger partial charge in [0.25, 0.3) is 0 Å². The van der Waals surface area contributed by atoms with Crippen molar-refractivity contribution in [3.8, 4) is 28.6 Å². The normalized spacial score (nSPS) is 14.5. The van der Waals surface area contributed by atoms with Crippen LogP contribution in [0.15, 0.2) is 78.2 Å². The Morgan fingerprint density at radius 1 is 1.09 bits per heavy atom. The van der Waals surface area contributed by atoms with Crippen LogP contribution in [0.1, 0.15) is 5.56 Å². The van der Waals surface area contributed by atoms with E-state index < -0.39 is 0 Å². The van der Waals surface area contributed by atoms with E-state index >= 15 is 0 Å². The van der Waals surface area contributed by atoms with E-state index in [1.807, 2.05) is 72.2 Å². The van der Waals surface area contributed by atoms with Crippen molar-refractivity contribution in [1.29, 1.82) is 0 Å². The van der Waals surface area contributed by atoms with Crippen molar-refractivity contribution in [1.82, 2.24) is 24.6 Å². The Morgan fingerprint density at radius 2 is 1.89 bits per heavy atom. The van der Waals surface area contributed by atoms with Gasteiger partial charge < -0.3 is 14.4 Å². The zero-order valence-corrected chi connectivity index (χ0v) is 20.3. The van der Waals surface area contributed by atoms with Crippen molar-refractivity contribution in [3.63, 3.8) is 0 Å². The van der Waals surface area contributed by atoms with E-state index in [0.717, 1.165) is 22.6 Å². The summed E-state index contributed by atoms with van der Waals surface area (Å²) in [5, 5.41) is 9.49. The van der Waals surface area contributed by atoms with Gasteiger partial charge in [-0.05, 0) is 42.8 Å². The maximum Gasteiger partial charge on any atom is 0.232 e. The number of amides is 1. The molecule has 2 aromatic heterocycles. The van der Waals surface area contributed by atoms with Crippen LogP contribution in [0.4, 0.5) is 0 Å². The topological polar surface area (TPSA) is 82.4 Å². The molecule has 0 saturated heterocycles. The first-order valence-electron chi connectivity index (χ1n) is 11.3. The highest BCUT2D eigenvalue weighted by molar-refractivity contribution is 7.99. The molecule has 0 fully saturated rings. The maximum atomic E-state index is 13.0. The second kappa shape index (κ2) is 10.2. The SMILES string of the molecule is Cc1ccccc1-n1c(SCC(=O)N(C)C[C@@H]2COc3ccccc3O2)nnc1-c1cccnc1. The molecule has 1 amide bonds. The number of hydrogen-bond donors (Lipinski definition) is 0. The molecule has 0 N–H and O–H groups in total. The molecule has 35 heavy (non-hydrogen) atoms. The lowest BCUT2D eigenvalue weighted by Crippen LogP contribution is -2.42. The van der Waals surface area contributed by atoms with Crippen LogP contribution in [0.3, 0.4) is 0 Å². The van der Waals surface area contributed by atoms with Crippen LogP contribution in [0, 0.1) is 6.92 Å². The summed E-state index contributed by atoms with van der Waals surface area (Å²) in [6, 6.07) is 19.4. The third-order valence-corrected chi connectivity index (χ3v) is 6.62. The Kier molecular flexibility index (Phi) is 6.67. The first kappa shape index (κ1) is 22.9. The number of nitrogens with zero attached hydrogens (tertiary/aromatic N) is 5. The van der Waals surface area contributed by atoms with Gasteiger partial charge in [0, 0.05) is 25.0 Å². The standard InChI is InChI=1S/C26H25N5O3S/c1-18-8-3-4-10-21(18)31-25(19-9-7-13-27-14-19)28-29-26(31)35-17-24(32)30(2)15-20-16-33-22-11-5-6-12-23(22)34-20/h3-14,20H,15-17H2,1-2H3/t20-/m1/s1. The van der Waals surface area contributed by atoms with Crippen LogP contribution in [-0.2, 0) is 4.79 Å². The van der Waals surface area contributed by atoms with E-state index in [-0.39, 0.29) is 17.8 Å². The second-order valence-electron chi connectivity index (χ2n) is 8.23. The highest BCUT2D eigenvalue weighted by Gasteiger charge is 2.25. The highest BCUT2D eigenvalue weighted by Crippen LogP contribution is 2.31. The minimum absolute atomic E-state index is 0.0280. The Morgan fingerprint density at radius 3 is 2.69 bits per heavy atom. The maximum absolute atomic E-state index is 13.0. The zero-order valence-electron chi connectivity index (χ0n) is 19.5. The van der Waals surface area contributed by atoms with Crippen molar-refractivity contribution in [2.75, 3.05) is 26.0 Å². The van der Waals surface area contributed by atoms with E-state index in [4.69, 9.17) is 9.47 Å². The molecule has 2 aromatic carbocycles. The first-order valence-corrected chi connectivity index (χ1v) is 12.3. The first-order chi connectivity index (χ1) is 17.1. The van der Waals surface area contributed by atoms with Gasteiger partial charge in [0.05, 0.1) is 18.0 Å². The molecular formula is C26H25N5O3S. The summed E-state index contributed by atoms with van der Waals surface area (Å²) in [5.41, 5.74) is 2.90. The zero-order chi connectivity index (χ0) is 24.2. The number of aryl methyl sites for hydroxylation is 1. The fraction of sp³-hybridized carbons (Fsp3) is 0.231. The van der Waals surface area contributed by atoms with Crippen molar-refractivity contribution in [2.45, 2.75) is 18.2 Å². The van der Waals surface area contributed by atoms with Crippen LogP contribution < -0.4 is 9.47 Å². The van der Waals surface area contributed by atoms with E-state index in [1.54, 1.807) is 24.3 Å². The lowest BCUT2D eigenvalue weighted by Gasteiger charge is -2.29. The third kappa shape index (κ3) is 5.00. The van der Waals surface area contributed by atoms with E-state index in [2.05, 4.69) is 15.2 Å². The number of carbonyl (C=O) groups is 1. The molecule has 0 bridgehead atoms. The molecule has 9 heteroatoms. The number of para-hydroxylation sites is 3. The Bertz CT molecular complexity index is 1330. The van der Waals surface area contributed by atoms with Crippen LogP contribution in [0.5, 0.6) is 11.5 Å². The minimum Gasteiger partial charge on any atom is -0.486 e. The summed E-state index contributed by atoms with van der Waals surface area (Å²) in [7, 11) is 1.78. The number of rotatable bonds is 7. The van der Waals surface area contributed by atoms with E-state index in [1.165, 1.54) is 11.8 Å². The molecule has 3 heterocycles. The molecule has 5 rings (SSSR count). The fourth-order valence-electron chi connectivity index (χ4n) is 3.87. The summed E-state index contributed by atoms with van der Waals surface area (Å²) in [4.78, 5) is 18.9. The van der Waals surface area contributed by atoms with Gasteiger partial charge in [-0.1, -0.05) is 42.1 Å². The number of hydrogen-bond acceptors (Lipinski definition) is 7. The molecule has 8 nitrogen and oxygen atoms in total. The number of fused-ring (bicyclic) bond motifs is 1. The van der Waals surface area contributed by atoms with Crippen LogP contribution >= 0.6 is 11.8 Å². The number of ether oxygens (including phenoxy) is 2. The number of likely N-dealkylation sites (N-methyl/N-ethyl adjacent to an activating group) is 1. The molecule has 1 aliphatic heterocycles. The quantitative estimate of drug-likeness (QED) is 0.364. The number of aromatic nitrogens is 4. The van der Waals surface area contributed by atoms with Crippen LogP contribution in [0.25, 0.3) is 17.1 Å². The van der Waals surface area contributed by atoms with Crippen LogP contribution in [0.2, 0.25) is 0 Å². The summed E-state index contributed by atoms with van der Waals surface area (Å²) in [6.45, 7) is 2.87. The molecule has 1 atom stereocenters. The molecule has 0 spiro atoms. The van der Waals surface area contributed by atoms with Gasteiger partial charge >= 0.3 is 0 Å². The van der Waals surface area contributed by atoms with E-state index in [0.29, 0.717) is 29.9 Å². The number of thioether (sulfide) groups is 1. The largest absolute Gasteiger partial charge is 0.486 e. The number of carbonyl (C=O) groups excluding carboxylic acids is 1. The van der Waals surface area contributed by atoms with Crippen molar-refractivity contribution in [3.05, 3.63) is 78.6 Å². The van der Waals surface area contributed by atoms with Gasteiger partial charge in [-0.25, -0.2) is 0 Å². The minimum atomic E-state index is -0.225. The summed E-state index contributed by atoms with van der Waals surface area (Å²) < 4.78 is 13.8. The molecule has 0 saturated carbocycles. The van der Waals surface area contributed by atoms with Gasteiger partial charge in [0.15, 0.2) is 28.6 Å². The van der Waals surface area contributed by atoms with Crippen molar-refractivity contribution < 1.29 is 14.3 Å². The summed E-state index contributed by atoms with van der Waals surface area (Å²) in [5.74, 6) is 2.31. The molecular weight excluding hydrogens is 462 g/mol. The Hall–Kier alpha value is -3.85. The average molecular weight is 488 g/mol. The Balaban J connectivity index is 1.30. The fourth-order valence-corrected chi connectivity index (χ4v) is 4.76. The molecule has 0 aliphatic carbocycles. The predicted molar refractivity (Wildman–Crippen MR) is 134 cm³/mol. The molecule has 1 aliphatic rings. The lowest BCUT2D eigenvalue weighted by atomic mass is 10.2. The van der Waals surface area contributed by atoms with Gasteiger partial charge in [0.2, 0.25) is 5.91 Å². The molecule has 0 unspecified atom stereocenters. The number of benzene rings is 2. The predicted octanol–water partition coefficient (Wildman–Crippen LogP) is 4.03. The average Bonchev–Trinajstić information content (AvgIpc) is 3.31. The molecule has 0 radical (unpaired) electrons. The monoisotopic (exact) mass is 487 g/mol. The highest BCUT2D eigenvalue weighted by atomic mass is 32.2.